The first kappa shape index (κ1) is 25.7. The zero-order valence-corrected chi connectivity index (χ0v) is 21.4. The van der Waals surface area contributed by atoms with Gasteiger partial charge < -0.3 is 14.0 Å². The van der Waals surface area contributed by atoms with Crippen molar-refractivity contribution in [2.75, 3.05) is 19.8 Å². The summed E-state index contributed by atoms with van der Waals surface area (Å²) in [5.74, 6) is 0.382. The molecule has 0 N–H and O–H groups in total. The number of ether oxygens (including phenoxy) is 2. The first-order valence-electron chi connectivity index (χ1n) is 12.2. The van der Waals surface area contributed by atoms with E-state index in [-0.39, 0.29) is 11.8 Å². The highest BCUT2D eigenvalue weighted by Crippen LogP contribution is 2.28. The predicted molar refractivity (Wildman–Crippen MR) is 143 cm³/mol. The number of imidazole rings is 1. The van der Waals surface area contributed by atoms with Crippen LogP contribution in [0.4, 0.5) is 0 Å². The standard InChI is InChI=1S/C29H30N2O4S/c1-3-34-18-8-17-31-26-16-15-24(28(33)35-4-2)19-25(26)30-29(31)36-20-21-11-13-23(14-12-21)27(32)22-9-6-5-7-10-22/h5-7,9-16,19H,3-4,8,17-18,20H2,1-2H3. The van der Waals surface area contributed by atoms with E-state index in [0.29, 0.717) is 42.3 Å². The Labute approximate surface area is 215 Å². The van der Waals surface area contributed by atoms with Crippen LogP contribution >= 0.6 is 11.8 Å². The lowest BCUT2D eigenvalue weighted by Crippen LogP contribution is -2.05. The second-order valence-corrected chi connectivity index (χ2v) is 9.14. The zero-order valence-electron chi connectivity index (χ0n) is 20.6. The van der Waals surface area contributed by atoms with Gasteiger partial charge in [0.05, 0.1) is 23.2 Å². The van der Waals surface area contributed by atoms with Crippen LogP contribution in [-0.2, 0) is 21.8 Å². The summed E-state index contributed by atoms with van der Waals surface area (Å²) >= 11 is 1.63. The van der Waals surface area contributed by atoms with Gasteiger partial charge in [-0.2, -0.15) is 0 Å². The highest BCUT2D eigenvalue weighted by molar-refractivity contribution is 7.98. The first-order valence-corrected chi connectivity index (χ1v) is 13.2. The molecule has 0 aliphatic heterocycles. The van der Waals surface area contributed by atoms with E-state index in [1.807, 2.05) is 67.6 Å². The molecule has 0 radical (unpaired) electrons. The number of benzene rings is 3. The predicted octanol–water partition coefficient (Wildman–Crippen LogP) is 6.16. The Hall–Kier alpha value is -3.42. The van der Waals surface area contributed by atoms with Crippen molar-refractivity contribution >= 4 is 34.5 Å². The lowest BCUT2D eigenvalue weighted by Gasteiger charge is -2.10. The number of ketones is 1. The van der Waals surface area contributed by atoms with Crippen LogP contribution in [0.15, 0.2) is 78.0 Å². The largest absolute Gasteiger partial charge is 0.462 e. The topological polar surface area (TPSA) is 70.4 Å². The van der Waals surface area contributed by atoms with E-state index in [2.05, 4.69) is 4.57 Å². The molecule has 0 spiro atoms. The van der Waals surface area contributed by atoms with Gasteiger partial charge in [-0.3, -0.25) is 4.79 Å². The van der Waals surface area contributed by atoms with Gasteiger partial charge in [0.1, 0.15) is 0 Å². The van der Waals surface area contributed by atoms with Crippen molar-refractivity contribution in [3.05, 3.63) is 95.1 Å². The van der Waals surface area contributed by atoms with Gasteiger partial charge in [0, 0.05) is 36.6 Å². The highest BCUT2D eigenvalue weighted by Gasteiger charge is 2.15. The average molecular weight is 503 g/mol. The lowest BCUT2D eigenvalue weighted by atomic mass is 10.0. The summed E-state index contributed by atoms with van der Waals surface area (Å²) in [7, 11) is 0. The highest BCUT2D eigenvalue weighted by atomic mass is 32.2. The van der Waals surface area contributed by atoms with Crippen molar-refractivity contribution in [2.24, 2.45) is 0 Å². The summed E-state index contributed by atoms with van der Waals surface area (Å²) in [4.78, 5) is 29.7. The number of fused-ring (bicyclic) bond motifs is 1. The smallest absolute Gasteiger partial charge is 0.338 e. The summed E-state index contributed by atoms with van der Waals surface area (Å²) < 4.78 is 12.9. The minimum Gasteiger partial charge on any atom is -0.462 e. The Morgan fingerprint density at radius 3 is 2.33 bits per heavy atom. The van der Waals surface area contributed by atoms with E-state index in [1.165, 1.54) is 0 Å². The van der Waals surface area contributed by atoms with Crippen molar-refractivity contribution in [1.29, 1.82) is 0 Å². The minimum atomic E-state index is -0.343. The summed E-state index contributed by atoms with van der Waals surface area (Å²) in [6.45, 7) is 6.25. The molecule has 186 valence electrons. The van der Waals surface area contributed by atoms with Crippen molar-refractivity contribution in [3.63, 3.8) is 0 Å². The van der Waals surface area contributed by atoms with Gasteiger partial charge in [0.25, 0.3) is 0 Å². The second-order valence-electron chi connectivity index (χ2n) is 8.20. The molecule has 0 atom stereocenters. The number of hydrogen-bond donors (Lipinski definition) is 0. The monoisotopic (exact) mass is 502 g/mol. The maximum atomic E-state index is 12.7. The summed E-state index contributed by atoms with van der Waals surface area (Å²) in [5.41, 5.74) is 4.70. The molecule has 0 aliphatic carbocycles. The minimum absolute atomic E-state index is 0.0169. The van der Waals surface area contributed by atoms with Gasteiger partial charge >= 0.3 is 5.97 Å². The Kier molecular flexibility index (Phi) is 8.92. The van der Waals surface area contributed by atoms with Crippen LogP contribution < -0.4 is 0 Å². The Morgan fingerprint density at radius 2 is 1.61 bits per heavy atom. The van der Waals surface area contributed by atoms with E-state index in [4.69, 9.17) is 14.5 Å². The molecule has 0 aliphatic rings. The molecule has 6 nitrogen and oxygen atoms in total. The third-order valence-electron chi connectivity index (χ3n) is 5.72. The van der Waals surface area contributed by atoms with E-state index in [1.54, 1.807) is 30.8 Å². The van der Waals surface area contributed by atoms with Crippen LogP contribution in [0, 0.1) is 0 Å². The number of esters is 1. The first-order chi connectivity index (χ1) is 17.6. The molecular formula is C29H30N2O4S. The van der Waals surface area contributed by atoms with Gasteiger partial charge in [0.2, 0.25) is 0 Å². The number of hydrogen-bond acceptors (Lipinski definition) is 6. The van der Waals surface area contributed by atoms with Crippen molar-refractivity contribution < 1.29 is 19.1 Å². The molecule has 0 unspecified atom stereocenters. The molecule has 1 aromatic heterocycles. The van der Waals surface area contributed by atoms with E-state index >= 15 is 0 Å². The second kappa shape index (κ2) is 12.5. The van der Waals surface area contributed by atoms with Gasteiger partial charge in [-0.1, -0.05) is 66.4 Å². The molecule has 0 bridgehead atoms. The number of thioether (sulfide) groups is 1. The van der Waals surface area contributed by atoms with Crippen molar-refractivity contribution in [3.8, 4) is 0 Å². The SMILES string of the molecule is CCOCCCn1c(SCc2ccc(C(=O)c3ccccc3)cc2)nc2cc(C(=O)OCC)ccc21. The molecule has 0 fully saturated rings. The van der Waals surface area contributed by atoms with E-state index < -0.39 is 0 Å². The Bertz CT molecular complexity index is 1320. The quantitative estimate of drug-likeness (QED) is 0.1000. The lowest BCUT2D eigenvalue weighted by molar-refractivity contribution is 0.0526. The molecule has 4 rings (SSSR count). The number of carbonyl (C=O) groups is 2. The number of carbonyl (C=O) groups excluding carboxylic acids is 2. The normalized spacial score (nSPS) is 11.1. The third-order valence-corrected chi connectivity index (χ3v) is 6.77. The molecule has 0 saturated heterocycles. The third kappa shape index (κ3) is 6.22. The van der Waals surface area contributed by atoms with E-state index in [9.17, 15) is 9.59 Å². The number of nitrogens with zero attached hydrogens (tertiary/aromatic N) is 2. The van der Waals surface area contributed by atoms with Crippen LogP contribution in [-0.4, -0.2) is 41.1 Å². The average Bonchev–Trinajstić information content (AvgIpc) is 3.27. The van der Waals surface area contributed by atoms with Crippen LogP contribution in [0.2, 0.25) is 0 Å². The summed E-state index contributed by atoms with van der Waals surface area (Å²) in [6.07, 6.45) is 0.864. The number of aryl methyl sites for hydroxylation is 1. The number of rotatable bonds is 12. The van der Waals surface area contributed by atoms with E-state index in [0.717, 1.165) is 34.7 Å². The van der Waals surface area contributed by atoms with Crippen LogP contribution in [0.1, 0.15) is 52.1 Å². The Morgan fingerprint density at radius 1 is 0.889 bits per heavy atom. The number of aromatic nitrogens is 2. The molecule has 7 heteroatoms. The van der Waals surface area contributed by atoms with Crippen LogP contribution in [0.25, 0.3) is 11.0 Å². The fourth-order valence-electron chi connectivity index (χ4n) is 3.90. The fraction of sp³-hybridized carbons (Fsp3) is 0.276. The molecule has 36 heavy (non-hydrogen) atoms. The Balaban J connectivity index is 1.51. The molecule has 3 aromatic carbocycles. The van der Waals surface area contributed by atoms with Crippen molar-refractivity contribution in [1.82, 2.24) is 9.55 Å². The molecule has 0 saturated carbocycles. The fourth-order valence-corrected chi connectivity index (χ4v) is 4.90. The van der Waals surface area contributed by atoms with Crippen LogP contribution in [0.3, 0.4) is 0 Å². The maximum absolute atomic E-state index is 12.7. The molecule has 4 aromatic rings. The van der Waals surface area contributed by atoms with Crippen LogP contribution in [0.5, 0.6) is 0 Å². The maximum Gasteiger partial charge on any atom is 0.338 e. The zero-order chi connectivity index (χ0) is 25.3. The van der Waals surface area contributed by atoms with Crippen molar-refractivity contribution in [2.45, 2.75) is 37.7 Å². The van der Waals surface area contributed by atoms with Gasteiger partial charge in [-0.25, -0.2) is 9.78 Å². The summed E-state index contributed by atoms with van der Waals surface area (Å²) in [6, 6.07) is 22.5. The summed E-state index contributed by atoms with van der Waals surface area (Å²) in [5, 5.41) is 0.881. The molecular weight excluding hydrogens is 472 g/mol. The van der Waals surface area contributed by atoms with Gasteiger partial charge in [-0.05, 0) is 44.0 Å². The molecule has 1 heterocycles. The molecule has 0 amide bonds. The van der Waals surface area contributed by atoms with Gasteiger partial charge in [-0.15, -0.1) is 0 Å². The van der Waals surface area contributed by atoms with Gasteiger partial charge in [0.15, 0.2) is 10.9 Å².